The van der Waals surface area contributed by atoms with E-state index in [1.807, 2.05) is 35.1 Å². The second kappa shape index (κ2) is 6.53. The van der Waals surface area contributed by atoms with Crippen LogP contribution in [0.2, 0.25) is 0 Å². The van der Waals surface area contributed by atoms with Crippen molar-refractivity contribution in [1.29, 1.82) is 0 Å². The molecule has 2 aromatic rings. The molecule has 19 heavy (non-hydrogen) atoms. The fraction of sp³-hybridized carbons (Fsp3) is 0.438. The van der Waals surface area contributed by atoms with E-state index in [0.717, 1.165) is 18.5 Å². The van der Waals surface area contributed by atoms with E-state index in [-0.39, 0.29) is 12.5 Å². The maximum Gasteiger partial charge on any atom is 0.0628 e. The van der Waals surface area contributed by atoms with Gasteiger partial charge in [-0.25, -0.2) is 0 Å². The Kier molecular flexibility index (Phi) is 4.74. The van der Waals surface area contributed by atoms with E-state index < -0.39 is 0 Å². The van der Waals surface area contributed by atoms with Crippen LogP contribution in [0.4, 0.5) is 0 Å². The number of hydrogen-bond acceptors (Lipinski definition) is 2. The van der Waals surface area contributed by atoms with Gasteiger partial charge in [-0.05, 0) is 44.2 Å². The molecule has 102 valence electrons. The highest BCUT2D eigenvalue weighted by Gasteiger charge is 2.12. The maximum absolute atomic E-state index is 9.53. The summed E-state index contributed by atoms with van der Waals surface area (Å²) in [6.45, 7) is 4.43. The fourth-order valence-corrected chi connectivity index (χ4v) is 2.22. The van der Waals surface area contributed by atoms with E-state index in [1.165, 1.54) is 5.56 Å². The number of hydrogen-bond donors (Lipinski definition) is 1. The lowest BCUT2D eigenvalue weighted by atomic mass is 9.96. The van der Waals surface area contributed by atoms with E-state index in [0.29, 0.717) is 6.04 Å². The number of nitrogens with zero attached hydrogens (tertiary/aromatic N) is 2. The predicted molar refractivity (Wildman–Crippen MR) is 77.0 cm³/mol. The van der Waals surface area contributed by atoms with Gasteiger partial charge in [0.15, 0.2) is 0 Å². The molecule has 1 unspecified atom stereocenters. The van der Waals surface area contributed by atoms with Crippen LogP contribution in [0, 0.1) is 5.92 Å². The van der Waals surface area contributed by atoms with Crippen LogP contribution in [0.3, 0.4) is 0 Å². The standard InChI is InChI=1S/C16H22N2O/c1-13(2)18-9-8-16(17-18)11-15(12-19)10-14-6-4-3-5-7-14/h3-9,13,15,19H,10-12H2,1-2H3. The first-order chi connectivity index (χ1) is 9.19. The van der Waals surface area contributed by atoms with Crippen molar-refractivity contribution in [3.8, 4) is 0 Å². The molecule has 2 rings (SSSR count). The van der Waals surface area contributed by atoms with Crippen LogP contribution < -0.4 is 0 Å². The number of aliphatic hydroxyl groups excluding tert-OH is 1. The van der Waals surface area contributed by atoms with Crippen LogP contribution in [0.25, 0.3) is 0 Å². The lowest BCUT2D eigenvalue weighted by Crippen LogP contribution is -2.13. The summed E-state index contributed by atoms with van der Waals surface area (Å²) in [5.74, 6) is 0.234. The van der Waals surface area contributed by atoms with E-state index >= 15 is 0 Å². The zero-order chi connectivity index (χ0) is 13.7. The summed E-state index contributed by atoms with van der Waals surface area (Å²) >= 11 is 0. The summed E-state index contributed by atoms with van der Waals surface area (Å²) in [7, 11) is 0. The highest BCUT2D eigenvalue weighted by molar-refractivity contribution is 5.16. The Labute approximate surface area is 114 Å². The second-order valence-electron chi connectivity index (χ2n) is 5.32. The maximum atomic E-state index is 9.53. The van der Waals surface area contributed by atoms with Gasteiger partial charge in [-0.1, -0.05) is 30.3 Å². The molecular weight excluding hydrogens is 236 g/mol. The van der Waals surface area contributed by atoms with E-state index in [9.17, 15) is 5.11 Å². The summed E-state index contributed by atoms with van der Waals surface area (Å²) in [5, 5.41) is 14.1. The van der Waals surface area contributed by atoms with Gasteiger partial charge >= 0.3 is 0 Å². The largest absolute Gasteiger partial charge is 0.396 e. The molecule has 1 aromatic heterocycles. The summed E-state index contributed by atoms with van der Waals surface area (Å²) in [4.78, 5) is 0. The third-order valence-electron chi connectivity index (χ3n) is 3.32. The molecule has 0 radical (unpaired) electrons. The van der Waals surface area contributed by atoms with Crippen molar-refractivity contribution in [2.45, 2.75) is 32.7 Å². The molecule has 0 saturated carbocycles. The molecular formula is C16H22N2O. The first-order valence-corrected chi connectivity index (χ1v) is 6.88. The summed E-state index contributed by atoms with van der Waals surface area (Å²) in [6, 6.07) is 12.7. The zero-order valence-corrected chi connectivity index (χ0v) is 11.7. The van der Waals surface area contributed by atoms with Crippen LogP contribution in [-0.2, 0) is 12.8 Å². The Morgan fingerprint density at radius 2 is 1.84 bits per heavy atom. The fourth-order valence-electron chi connectivity index (χ4n) is 2.22. The third-order valence-corrected chi connectivity index (χ3v) is 3.32. The van der Waals surface area contributed by atoms with Crippen LogP contribution in [0.5, 0.6) is 0 Å². The van der Waals surface area contributed by atoms with E-state index in [4.69, 9.17) is 0 Å². The summed E-state index contributed by atoms with van der Waals surface area (Å²) in [5.41, 5.74) is 2.33. The van der Waals surface area contributed by atoms with Crippen molar-refractivity contribution in [2.75, 3.05) is 6.61 Å². The molecule has 0 spiro atoms. The number of aromatic nitrogens is 2. The smallest absolute Gasteiger partial charge is 0.0628 e. The molecule has 0 saturated heterocycles. The Balaban J connectivity index is 1.98. The van der Waals surface area contributed by atoms with Crippen molar-refractivity contribution in [3.05, 3.63) is 53.9 Å². The first-order valence-electron chi connectivity index (χ1n) is 6.88. The first kappa shape index (κ1) is 13.8. The summed E-state index contributed by atoms with van der Waals surface area (Å²) < 4.78 is 1.96. The Morgan fingerprint density at radius 1 is 1.11 bits per heavy atom. The molecule has 0 fully saturated rings. The van der Waals surface area contributed by atoms with Crippen molar-refractivity contribution in [1.82, 2.24) is 9.78 Å². The second-order valence-corrected chi connectivity index (χ2v) is 5.32. The van der Waals surface area contributed by atoms with Gasteiger partial charge in [0, 0.05) is 18.8 Å². The van der Waals surface area contributed by atoms with Crippen LogP contribution in [-0.4, -0.2) is 21.5 Å². The SMILES string of the molecule is CC(C)n1ccc(CC(CO)Cc2ccccc2)n1. The lowest BCUT2D eigenvalue weighted by Gasteiger charge is -2.13. The minimum absolute atomic E-state index is 0.198. The molecule has 1 aromatic carbocycles. The van der Waals surface area contributed by atoms with Gasteiger partial charge in [-0.3, -0.25) is 4.68 Å². The average Bonchev–Trinajstić information content (AvgIpc) is 2.88. The minimum Gasteiger partial charge on any atom is -0.396 e. The van der Waals surface area contributed by atoms with Crippen molar-refractivity contribution in [3.63, 3.8) is 0 Å². The van der Waals surface area contributed by atoms with Gasteiger partial charge in [-0.2, -0.15) is 5.10 Å². The van der Waals surface area contributed by atoms with Gasteiger partial charge in [0.25, 0.3) is 0 Å². The van der Waals surface area contributed by atoms with Crippen LogP contribution in [0.15, 0.2) is 42.6 Å². The number of aliphatic hydroxyl groups is 1. The molecule has 0 bridgehead atoms. The van der Waals surface area contributed by atoms with Crippen LogP contribution in [0.1, 0.15) is 31.1 Å². The Hall–Kier alpha value is -1.61. The quantitative estimate of drug-likeness (QED) is 0.865. The van der Waals surface area contributed by atoms with Gasteiger partial charge in [0.2, 0.25) is 0 Å². The molecule has 0 aliphatic heterocycles. The molecule has 3 nitrogen and oxygen atoms in total. The topological polar surface area (TPSA) is 38.0 Å². The average molecular weight is 258 g/mol. The van der Waals surface area contributed by atoms with E-state index in [1.54, 1.807) is 0 Å². The van der Waals surface area contributed by atoms with E-state index in [2.05, 4.69) is 31.1 Å². The minimum atomic E-state index is 0.198. The molecule has 1 heterocycles. The van der Waals surface area contributed by atoms with Gasteiger partial charge in [0.05, 0.1) is 5.69 Å². The third kappa shape index (κ3) is 3.93. The van der Waals surface area contributed by atoms with Gasteiger partial charge in [0.1, 0.15) is 0 Å². The number of benzene rings is 1. The van der Waals surface area contributed by atoms with Crippen molar-refractivity contribution >= 4 is 0 Å². The highest BCUT2D eigenvalue weighted by atomic mass is 16.3. The molecule has 0 amide bonds. The van der Waals surface area contributed by atoms with Crippen LogP contribution >= 0.6 is 0 Å². The highest BCUT2D eigenvalue weighted by Crippen LogP contribution is 2.14. The molecule has 1 atom stereocenters. The van der Waals surface area contributed by atoms with Gasteiger partial charge < -0.3 is 5.11 Å². The molecule has 1 N–H and O–H groups in total. The number of rotatable bonds is 6. The molecule has 0 aliphatic carbocycles. The monoisotopic (exact) mass is 258 g/mol. The normalized spacial score (nSPS) is 12.8. The lowest BCUT2D eigenvalue weighted by molar-refractivity contribution is 0.224. The van der Waals surface area contributed by atoms with Gasteiger partial charge in [-0.15, -0.1) is 0 Å². The predicted octanol–water partition coefficient (Wildman–Crippen LogP) is 2.86. The molecule has 0 aliphatic rings. The Bertz CT molecular complexity index is 490. The summed E-state index contributed by atoms with van der Waals surface area (Å²) in [6.07, 6.45) is 3.73. The zero-order valence-electron chi connectivity index (χ0n) is 11.7. The Morgan fingerprint density at radius 3 is 2.42 bits per heavy atom. The molecule has 3 heteroatoms. The van der Waals surface area contributed by atoms with Crippen molar-refractivity contribution in [2.24, 2.45) is 5.92 Å². The van der Waals surface area contributed by atoms with Crippen molar-refractivity contribution < 1.29 is 5.11 Å².